The molecule has 0 aromatic heterocycles. The predicted molar refractivity (Wildman–Crippen MR) is 152 cm³/mol. The fourth-order valence-electron chi connectivity index (χ4n) is 4.70. The molecule has 1 aromatic carbocycles. The molecule has 1 saturated carbocycles. The lowest BCUT2D eigenvalue weighted by atomic mass is 9.78. The summed E-state index contributed by atoms with van der Waals surface area (Å²) in [5, 5.41) is 24.0. The van der Waals surface area contributed by atoms with E-state index in [1.54, 1.807) is 20.8 Å². The second-order valence-corrected chi connectivity index (χ2v) is 13.6. The van der Waals surface area contributed by atoms with Crippen LogP contribution in [0, 0.1) is 17.3 Å². The molecule has 2 rings (SSSR count). The van der Waals surface area contributed by atoms with E-state index in [0.717, 1.165) is 9.87 Å². The molecular formula is C28H46N4O7S. The Morgan fingerprint density at radius 1 is 1.10 bits per heavy atom. The Labute approximate surface area is 238 Å². The first-order chi connectivity index (χ1) is 18.5. The number of nitrogens with two attached hydrogens (primary N) is 1. The van der Waals surface area contributed by atoms with Crippen molar-refractivity contribution in [3.8, 4) is 0 Å². The van der Waals surface area contributed by atoms with Crippen molar-refractivity contribution in [2.45, 2.75) is 90.8 Å². The number of carbonyl (C=O) groups excluding carboxylic acids is 2. The summed E-state index contributed by atoms with van der Waals surface area (Å²) in [6, 6.07) is 8.21. The summed E-state index contributed by atoms with van der Waals surface area (Å²) in [4.78, 5) is 37.2. The first-order valence-corrected chi connectivity index (χ1v) is 15.3. The Balaban J connectivity index is 2.36. The maximum atomic E-state index is 13.6. The number of nitrogens with zero attached hydrogens (tertiary/aromatic N) is 1. The summed E-state index contributed by atoms with van der Waals surface area (Å²) in [7, 11) is -4.32. The molecule has 3 unspecified atom stereocenters. The molecule has 1 fully saturated rings. The highest BCUT2D eigenvalue weighted by molar-refractivity contribution is 7.87. The number of aliphatic carboxylic acids is 1. The van der Waals surface area contributed by atoms with Gasteiger partial charge in [-0.05, 0) is 37.2 Å². The van der Waals surface area contributed by atoms with Gasteiger partial charge in [0, 0.05) is 19.0 Å². The number of hydrogen-bond donors (Lipinski definition) is 5. The molecule has 0 aliphatic heterocycles. The van der Waals surface area contributed by atoms with E-state index in [-0.39, 0.29) is 38.3 Å². The standard InChI is InChI=1S/C28H46N4O7S/c1-19(2)13-16-32(40(38,39)31-28(26(36)37)14-9-10-15-28)18-23(33)22(17-21-11-7-6-8-12-21)30-24(34)20(3)27(4,5)25(29)35/h6-8,11-12,19-20,22-23,31,33H,9-10,13-18H2,1-5H3,(H2,29,35)(H,30,34)(H,36,37). The Hall–Kier alpha value is -2.54. The summed E-state index contributed by atoms with van der Waals surface area (Å²) >= 11 is 0. The minimum atomic E-state index is -4.32. The fraction of sp³-hybridized carbons (Fsp3) is 0.679. The third-order valence-corrected chi connectivity index (χ3v) is 9.74. The van der Waals surface area contributed by atoms with E-state index in [1.165, 1.54) is 0 Å². The van der Waals surface area contributed by atoms with Crippen molar-refractivity contribution >= 4 is 28.0 Å². The highest BCUT2D eigenvalue weighted by Crippen LogP contribution is 2.31. The summed E-state index contributed by atoms with van der Waals surface area (Å²) < 4.78 is 30.6. The minimum Gasteiger partial charge on any atom is -0.480 e. The monoisotopic (exact) mass is 582 g/mol. The number of aliphatic hydroxyl groups is 1. The molecule has 40 heavy (non-hydrogen) atoms. The lowest BCUT2D eigenvalue weighted by molar-refractivity contribution is -0.143. The largest absolute Gasteiger partial charge is 0.480 e. The number of carbonyl (C=O) groups is 3. The van der Waals surface area contributed by atoms with Crippen molar-refractivity contribution in [3.05, 3.63) is 35.9 Å². The number of carboxylic acids is 1. The van der Waals surface area contributed by atoms with Crippen LogP contribution in [0.15, 0.2) is 30.3 Å². The van der Waals surface area contributed by atoms with Crippen LogP contribution in [0.3, 0.4) is 0 Å². The number of nitrogens with one attached hydrogen (secondary N) is 2. The second kappa shape index (κ2) is 13.9. The van der Waals surface area contributed by atoms with Crippen LogP contribution in [0.5, 0.6) is 0 Å². The van der Waals surface area contributed by atoms with Crippen LogP contribution < -0.4 is 15.8 Å². The number of carboxylic acid groups (broad SMARTS) is 1. The minimum absolute atomic E-state index is 0.0525. The molecule has 11 nitrogen and oxygen atoms in total. The maximum absolute atomic E-state index is 13.6. The van der Waals surface area contributed by atoms with Crippen LogP contribution in [-0.2, 0) is 31.0 Å². The number of primary amides is 1. The number of amides is 2. The van der Waals surface area contributed by atoms with Gasteiger partial charge in [0.1, 0.15) is 5.54 Å². The highest BCUT2D eigenvalue weighted by atomic mass is 32.2. The molecule has 0 radical (unpaired) electrons. The van der Waals surface area contributed by atoms with E-state index < -0.39 is 57.0 Å². The van der Waals surface area contributed by atoms with Gasteiger partial charge in [0.25, 0.3) is 10.2 Å². The van der Waals surface area contributed by atoms with Crippen LogP contribution in [-0.4, -0.2) is 71.5 Å². The normalized spacial score (nSPS) is 17.9. The third-order valence-electron chi connectivity index (χ3n) is 8.08. The van der Waals surface area contributed by atoms with Gasteiger partial charge in [-0.25, -0.2) is 0 Å². The van der Waals surface area contributed by atoms with E-state index >= 15 is 0 Å². The van der Waals surface area contributed by atoms with Gasteiger partial charge in [-0.1, -0.05) is 77.8 Å². The smallest absolute Gasteiger partial charge is 0.324 e. The van der Waals surface area contributed by atoms with Gasteiger partial charge in [0.2, 0.25) is 11.8 Å². The topological polar surface area (TPSA) is 179 Å². The Morgan fingerprint density at radius 2 is 1.68 bits per heavy atom. The molecule has 12 heteroatoms. The van der Waals surface area contributed by atoms with E-state index in [0.29, 0.717) is 19.3 Å². The lowest BCUT2D eigenvalue weighted by Gasteiger charge is -2.34. The van der Waals surface area contributed by atoms with Gasteiger partial charge >= 0.3 is 5.97 Å². The van der Waals surface area contributed by atoms with Crippen molar-refractivity contribution in [2.75, 3.05) is 13.1 Å². The van der Waals surface area contributed by atoms with Crippen molar-refractivity contribution in [2.24, 2.45) is 23.0 Å². The molecule has 0 heterocycles. The van der Waals surface area contributed by atoms with Crippen molar-refractivity contribution in [1.82, 2.24) is 14.3 Å². The van der Waals surface area contributed by atoms with Crippen molar-refractivity contribution in [1.29, 1.82) is 0 Å². The molecule has 0 spiro atoms. The quantitative estimate of drug-likeness (QED) is 0.197. The van der Waals surface area contributed by atoms with Gasteiger partial charge in [-0.2, -0.15) is 17.4 Å². The zero-order valence-electron chi connectivity index (χ0n) is 24.2. The zero-order chi connectivity index (χ0) is 30.3. The van der Waals surface area contributed by atoms with Gasteiger partial charge in [0.15, 0.2) is 0 Å². The second-order valence-electron chi connectivity index (χ2n) is 11.9. The van der Waals surface area contributed by atoms with E-state index in [2.05, 4.69) is 10.0 Å². The molecular weight excluding hydrogens is 536 g/mol. The molecule has 2 amide bonds. The molecule has 3 atom stereocenters. The average Bonchev–Trinajstić information content (AvgIpc) is 3.34. The van der Waals surface area contributed by atoms with Gasteiger partial charge in [-0.15, -0.1) is 0 Å². The SMILES string of the molecule is CC(C)CCN(CC(O)C(Cc1ccccc1)NC(=O)C(C)C(C)(C)C(N)=O)S(=O)(=O)NC1(C(=O)O)CCCC1. The zero-order valence-corrected chi connectivity index (χ0v) is 25.0. The number of hydrogen-bond acceptors (Lipinski definition) is 6. The number of benzene rings is 1. The van der Waals surface area contributed by atoms with Gasteiger partial charge < -0.3 is 21.3 Å². The van der Waals surface area contributed by atoms with Crippen LogP contribution in [0.4, 0.5) is 0 Å². The summed E-state index contributed by atoms with van der Waals surface area (Å²) in [6.07, 6.45) is 0.879. The van der Waals surface area contributed by atoms with E-state index in [9.17, 15) is 33.0 Å². The van der Waals surface area contributed by atoms with Crippen LogP contribution >= 0.6 is 0 Å². The molecule has 1 aliphatic carbocycles. The number of rotatable bonds is 16. The third kappa shape index (κ3) is 8.73. The van der Waals surface area contributed by atoms with E-state index in [1.807, 2.05) is 44.2 Å². The maximum Gasteiger partial charge on any atom is 0.324 e. The van der Waals surface area contributed by atoms with Crippen LogP contribution in [0.1, 0.15) is 72.3 Å². The molecule has 6 N–H and O–H groups in total. The average molecular weight is 583 g/mol. The van der Waals surface area contributed by atoms with Crippen LogP contribution in [0.25, 0.3) is 0 Å². The summed E-state index contributed by atoms with van der Waals surface area (Å²) in [5.74, 6) is -3.05. The molecule has 1 aliphatic rings. The first kappa shape index (κ1) is 33.7. The highest BCUT2D eigenvalue weighted by Gasteiger charge is 2.46. The molecule has 0 bridgehead atoms. The Morgan fingerprint density at radius 3 is 2.17 bits per heavy atom. The molecule has 0 saturated heterocycles. The predicted octanol–water partition coefficient (Wildman–Crippen LogP) is 1.80. The first-order valence-electron chi connectivity index (χ1n) is 13.9. The lowest BCUT2D eigenvalue weighted by Crippen LogP contribution is -2.59. The number of aliphatic hydroxyl groups excluding tert-OH is 1. The van der Waals surface area contributed by atoms with Gasteiger partial charge in [0.05, 0.1) is 17.6 Å². The summed E-state index contributed by atoms with van der Waals surface area (Å²) in [5.41, 5.74) is 3.56. The summed E-state index contributed by atoms with van der Waals surface area (Å²) in [6.45, 7) is 8.25. The molecule has 1 aromatic rings. The molecule has 226 valence electrons. The Bertz CT molecular complexity index is 1120. The van der Waals surface area contributed by atoms with Crippen LogP contribution in [0.2, 0.25) is 0 Å². The van der Waals surface area contributed by atoms with E-state index in [4.69, 9.17) is 5.73 Å². The van der Waals surface area contributed by atoms with Crippen molar-refractivity contribution < 1.29 is 33.0 Å². The van der Waals surface area contributed by atoms with Gasteiger partial charge in [-0.3, -0.25) is 14.4 Å². The Kier molecular flexibility index (Phi) is 11.7. The van der Waals surface area contributed by atoms with Crippen molar-refractivity contribution in [3.63, 3.8) is 0 Å². The fourth-order valence-corrected chi connectivity index (χ4v) is 6.31.